The molecule has 1 aliphatic heterocycles. The van der Waals surface area contributed by atoms with Gasteiger partial charge in [0, 0.05) is 24.0 Å². The van der Waals surface area contributed by atoms with E-state index in [1.807, 2.05) is 18.5 Å². The van der Waals surface area contributed by atoms with Gasteiger partial charge in [-0.05, 0) is 75.7 Å². The standard InChI is InChI=1S/C29H46ClN3O3/c1-6-8-18-29(36-28(34)35-5)26(33(21-31-29)19-9-7-2)20-22-10-12-23(13-11-22)27(32(3)4)24-14-16-25(30)17-15-24/h14-17,21-23,26-27H,6-13,18-20H2,1-5H3. The van der Waals surface area contributed by atoms with Crippen LogP contribution in [0.5, 0.6) is 0 Å². The van der Waals surface area contributed by atoms with Crippen molar-refractivity contribution in [2.24, 2.45) is 16.8 Å². The Morgan fingerprint density at radius 1 is 1.14 bits per heavy atom. The SMILES string of the molecule is CCCCN1C=NC(CCCC)(OC(=O)OC)C1CC1CCC(C(c2ccc(Cl)cc2)N(C)C)CC1. The zero-order chi connectivity index (χ0) is 26.1. The summed E-state index contributed by atoms with van der Waals surface area (Å²) in [6.07, 6.45) is 12.0. The van der Waals surface area contributed by atoms with Gasteiger partial charge in [-0.25, -0.2) is 9.79 Å². The van der Waals surface area contributed by atoms with E-state index in [-0.39, 0.29) is 6.04 Å². The zero-order valence-corrected chi connectivity index (χ0v) is 23.7. The number of methoxy groups -OCH3 is 1. The van der Waals surface area contributed by atoms with E-state index in [2.05, 4.69) is 49.9 Å². The van der Waals surface area contributed by atoms with E-state index in [1.54, 1.807) is 0 Å². The quantitative estimate of drug-likeness (QED) is 0.271. The number of unbranched alkanes of at least 4 members (excludes halogenated alkanes) is 2. The van der Waals surface area contributed by atoms with Crippen LogP contribution in [-0.2, 0) is 9.47 Å². The maximum Gasteiger partial charge on any atom is 0.510 e. The summed E-state index contributed by atoms with van der Waals surface area (Å²) in [4.78, 5) is 21.8. The van der Waals surface area contributed by atoms with Gasteiger partial charge < -0.3 is 19.3 Å². The summed E-state index contributed by atoms with van der Waals surface area (Å²) >= 11 is 6.15. The highest BCUT2D eigenvalue weighted by Gasteiger charge is 2.49. The summed E-state index contributed by atoms with van der Waals surface area (Å²) in [6, 6.07) is 8.81. The smallest absolute Gasteiger partial charge is 0.438 e. The molecule has 1 heterocycles. The van der Waals surface area contributed by atoms with Crippen LogP contribution in [0.2, 0.25) is 5.02 Å². The number of hydrogen-bond acceptors (Lipinski definition) is 6. The first-order valence-electron chi connectivity index (χ1n) is 13.8. The van der Waals surface area contributed by atoms with Crippen molar-refractivity contribution in [2.45, 2.75) is 95.9 Å². The summed E-state index contributed by atoms with van der Waals surface area (Å²) in [5, 5.41) is 0.784. The van der Waals surface area contributed by atoms with Gasteiger partial charge in [-0.15, -0.1) is 0 Å². The van der Waals surface area contributed by atoms with Crippen LogP contribution < -0.4 is 0 Å². The number of aliphatic imine (C=N–C) groups is 1. The minimum absolute atomic E-state index is 0.0668. The fraction of sp³-hybridized carbons (Fsp3) is 0.724. The van der Waals surface area contributed by atoms with Crippen molar-refractivity contribution >= 4 is 24.1 Å². The Bertz CT molecular complexity index is 839. The van der Waals surface area contributed by atoms with Crippen molar-refractivity contribution in [2.75, 3.05) is 27.7 Å². The van der Waals surface area contributed by atoms with E-state index >= 15 is 0 Å². The Hall–Kier alpha value is -1.79. The van der Waals surface area contributed by atoms with Crippen LogP contribution in [0.1, 0.15) is 89.7 Å². The van der Waals surface area contributed by atoms with Gasteiger partial charge in [0.1, 0.15) is 0 Å². The van der Waals surface area contributed by atoms with Gasteiger partial charge in [-0.2, -0.15) is 0 Å². The number of ether oxygens (including phenoxy) is 2. The third-order valence-electron chi connectivity index (χ3n) is 8.09. The Morgan fingerprint density at radius 2 is 1.81 bits per heavy atom. The molecule has 0 saturated heterocycles. The maximum atomic E-state index is 12.3. The molecule has 0 N–H and O–H groups in total. The summed E-state index contributed by atoms with van der Waals surface area (Å²) in [5.74, 6) is 1.21. The molecule has 1 fully saturated rings. The molecule has 3 unspecified atom stereocenters. The molecule has 1 saturated carbocycles. The molecule has 0 amide bonds. The van der Waals surface area contributed by atoms with Crippen LogP contribution in [-0.4, -0.2) is 61.8 Å². The second kappa shape index (κ2) is 13.7. The van der Waals surface area contributed by atoms with Crippen LogP contribution >= 0.6 is 11.6 Å². The largest absolute Gasteiger partial charge is 0.510 e. The molecule has 0 radical (unpaired) electrons. The van der Waals surface area contributed by atoms with Crippen LogP contribution in [0.15, 0.2) is 29.3 Å². The van der Waals surface area contributed by atoms with Gasteiger partial charge in [0.25, 0.3) is 0 Å². The molecule has 3 atom stereocenters. The second-order valence-corrected chi connectivity index (χ2v) is 11.3. The molecular weight excluding hydrogens is 474 g/mol. The summed E-state index contributed by atoms with van der Waals surface area (Å²) < 4.78 is 10.9. The highest BCUT2D eigenvalue weighted by molar-refractivity contribution is 6.30. The van der Waals surface area contributed by atoms with Crippen molar-refractivity contribution in [3.05, 3.63) is 34.9 Å². The van der Waals surface area contributed by atoms with Gasteiger partial charge in [-0.1, -0.05) is 63.3 Å². The predicted molar refractivity (Wildman–Crippen MR) is 148 cm³/mol. The lowest BCUT2D eigenvalue weighted by atomic mass is 9.73. The Kier molecular flexibility index (Phi) is 10.9. The molecule has 1 aliphatic carbocycles. The van der Waals surface area contributed by atoms with Crippen molar-refractivity contribution in [3.63, 3.8) is 0 Å². The zero-order valence-electron chi connectivity index (χ0n) is 22.9. The first kappa shape index (κ1) is 28.8. The van der Waals surface area contributed by atoms with Crippen molar-refractivity contribution < 1.29 is 14.3 Å². The third-order valence-corrected chi connectivity index (χ3v) is 8.35. The average Bonchev–Trinajstić information content (AvgIpc) is 3.20. The van der Waals surface area contributed by atoms with E-state index in [9.17, 15) is 4.79 Å². The van der Waals surface area contributed by atoms with Crippen LogP contribution in [0.25, 0.3) is 0 Å². The normalized spacial score (nSPS) is 26.9. The van der Waals surface area contributed by atoms with Crippen molar-refractivity contribution in [1.29, 1.82) is 0 Å². The van der Waals surface area contributed by atoms with Crippen molar-refractivity contribution in [3.8, 4) is 0 Å². The van der Waals surface area contributed by atoms with Gasteiger partial charge in [0.15, 0.2) is 0 Å². The van der Waals surface area contributed by atoms with E-state index in [1.165, 1.54) is 38.4 Å². The topological polar surface area (TPSA) is 54.4 Å². The molecule has 36 heavy (non-hydrogen) atoms. The average molecular weight is 520 g/mol. The predicted octanol–water partition coefficient (Wildman–Crippen LogP) is 7.32. The lowest BCUT2D eigenvalue weighted by molar-refractivity contribution is -0.0631. The van der Waals surface area contributed by atoms with Gasteiger partial charge >= 0.3 is 6.16 Å². The number of benzene rings is 1. The number of carbonyl (C=O) groups excluding carboxylic acids is 1. The van der Waals surface area contributed by atoms with Crippen LogP contribution in [0.3, 0.4) is 0 Å². The lowest BCUT2D eigenvalue weighted by Crippen LogP contribution is -2.50. The Morgan fingerprint density at radius 3 is 2.39 bits per heavy atom. The Labute approximate surface area is 223 Å². The molecule has 7 heteroatoms. The highest BCUT2D eigenvalue weighted by atomic mass is 35.5. The van der Waals surface area contributed by atoms with Crippen LogP contribution in [0, 0.1) is 11.8 Å². The molecule has 202 valence electrons. The fourth-order valence-corrected chi connectivity index (χ4v) is 6.30. The number of nitrogens with zero attached hydrogens (tertiary/aromatic N) is 3. The Balaban J connectivity index is 1.72. The fourth-order valence-electron chi connectivity index (χ4n) is 6.17. The molecule has 0 bridgehead atoms. The first-order chi connectivity index (χ1) is 17.3. The number of hydrogen-bond donors (Lipinski definition) is 0. The van der Waals surface area contributed by atoms with Gasteiger partial charge in [0.2, 0.25) is 5.72 Å². The van der Waals surface area contributed by atoms with Gasteiger partial charge in [0.05, 0.1) is 19.5 Å². The van der Waals surface area contributed by atoms with E-state index in [0.29, 0.717) is 17.9 Å². The second-order valence-electron chi connectivity index (χ2n) is 10.8. The minimum Gasteiger partial charge on any atom is -0.438 e. The van der Waals surface area contributed by atoms with E-state index in [0.717, 1.165) is 50.1 Å². The molecule has 0 spiro atoms. The molecule has 1 aromatic carbocycles. The minimum atomic E-state index is -0.844. The van der Waals surface area contributed by atoms with E-state index in [4.69, 9.17) is 26.1 Å². The van der Waals surface area contributed by atoms with E-state index < -0.39 is 11.9 Å². The summed E-state index contributed by atoms with van der Waals surface area (Å²) in [5.41, 5.74) is 0.497. The third kappa shape index (κ3) is 7.16. The lowest BCUT2D eigenvalue weighted by Gasteiger charge is -2.41. The number of carbonyl (C=O) groups is 1. The van der Waals surface area contributed by atoms with Crippen LogP contribution in [0.4, 0.5) is 4.79 Å². The summed E-state index contributed by atoms with van der Waals surface area (Å²) in [6.45, 7) is 5.32. The molecule has 2 aliphatic rings. The monoisotopic (exact) mass is 519 g/mol. The van der Waals surface area contributed by atoms with Crippen molar-refractivity contribution in [1.82, 2.24) is 9.80 Å². The molecule has 3 rings (SSSR count). The highest BCUT2D eigenvalue weighted by Crippen LogP contribution is 2.44. The number of halogens is 1. The number of rotatable bonds is 12. The molecule has 1 aromatic rings. The first-order valence-corrected chi connectivity index (χ1v) is 14.2. The molecular formula is C29H46ClN3O3. The maximum absolute atomic E-state index is 12.3. The van der Waals surface area contributed by atoms with Gasteiger partial charge in [-0.3, -0.25) is 0 Å². The summed E-state index contributed by atoms with van der Waals surface area (Å²) in [7, 11) is 5.74. The molecule has 6 nitrogen and oxygen atoms in total. The molecule has 0 aromatic heterocycles.